The number of benzene rings is 9. The van der Waals surface area contributed by atoms with Crippen LogP contribution < -0.4 is 9.80 Å². The maximum absolute atomic E-state index is 10.6. The predicted molar refractivity (Wildman–Crippen MR) is 294 cm³/mol. The van der Waals surface area contributed by atoms with Crippen LogP contribution in [-0.4, -0.2) is 0 Å². The molecule has 2 aliphatic carbocycles. The van der Waals surface area contributed by atoms with Crippen molar-refractivity contribution in [2.24, 2.45) is 0 Å². The maximum Gasteiger partial charge on any atom is 0.100 e. The molecule has 9 aromatic rings. The van der Waals surface area contributed by atoms with Gasteiger partial charge in [0.25, 0.3) is 0 Å². The van der Waals surface area contributed by atoms with E-state index >= 15 is 0 Å². The summed E-state index contributed by atoms with van der Waals surface area (Å²) in [5.41, 5.74) is 20.6. The molecule has 0 unspecified atom stereocenters. The van der Waals surface area contributed by atoms with E-state index in [4.69, 9.17) is 0 Å². The van der Waals surface area contributed by atoms with E-state index in [2.05, 4.69) is 194 Å². The summed E-state index contributed by atoms with van der Waals surface area (Å²) < 4.78 is 0. The lowest BCUT2D eigenvalue weighted by molar-refractivity contribution is 0.686. The van der Waals surface area contributed by atoms with E-state index in [1.54, 1.807) is 0 Å². The zero-order valence-electron chi connectivity index (χ0n) is 39.9. The number of rotatable bonds is 10. The average Bonchev–Trinajstić information content (AvgIpc) is 3.41. The van der Waals surface area contributed by atoms with Crippen molar-refractivity contribution in [3.05, 3.63) is 237 Å². The number of nitrogens with zero attached hydrogens (tertiary/aromatic N) is 4. The van der Waals surface area contributed by atoms with E-state index in [-0.39, 0.29) is 0 Å². The molecule has 0 radical (unpaired) electrons. The van der Waals surface area contributed by atoms with Gasteiger partial charge in [-0.2, -0.15) is 10.5 Å². The van der Waals surface area contributed by atoms with Gasteiger partial charge >= 0.3 is 0 Å². The van der Waals surface area contributed by atoms with Crippen LogP contribution in [-0.2, 0) is 25.7 Å². The fourth-order valence-electron chi connectivity index (χ4n) is 10.7. The van der Waals surface area contributed by atoms with Crippen molar-refractivity contribution in [2.75, 3.05) is 9.80 Å². The van der Waals surface area contributed by atoms with Crippen molar-refractivity contribution in [1.82, 2.24) is 0 Å². The summed E-state index contributed by atoms with van der Waals surface area (Å²) in [4.78, 5) is 4.80. The van der Waals surface area contributed by atoms with Crippen molar-refractivity contribution in [1.29, 1.82) is 10.5 Å². The molecule has 0 heterocycles. The van der Waals surface area contributed by atoms with Crippen LogP contribution in [0, 0.1) is 36.5 Å². The predicted octanol–water partition coefficient (Wildman–Crippen LogP) is 17.4. The third-order valence-corrected chi connectivity index (χ3v) is 14.4. The van der Waals surface area contributed by atoms with Crippen molar-refractivity contribution < 1.29 is 0 Å². The van der Waals surface area contributed by atoms with Gasteiger partial charge in [0, 0.05) is 55.7 Å². The molecule has 0 amide bonds. The Morgan fingerprint density at radius 1 is 0.371 bits per heavy atom. The molecule has 0 saturated heterocycles. The number of aryl methyl sites for hydroxylation is 4. The summed E-state index contributed by atoms with van der Waals surface area (Å²) in [7, 11) is 0. The average molecular weight is 903 g/mol. The van der Waals surface area contributed by atoms with Crippen LogP contribution in [0.2, 0.25) is 0 Å². The van der Waals surface area contributed by atoms with Crippen molar-refractivity contribution in [3.63, 3.8) is 0 Å². The highest BCUT2D eigenvalue weighted by molar-refractivity contribution is 6.10. The van der Waals surface area contributed by atoms with Crippen LogP contribution in [0.1, 0.15) is 92.4 Å². The summed E-state index contributed by atoms with van der Waals surface area (Å²) in [5, 5.41) is 24.4. The van der Waals surface area contributed by atoms with Crippen LogP contribution in [0.15, 0.2) is 170 Å². The molecule has 338 valence electrons. The standard InChI is InChI=1S/C66H54N4/c1-45-17-31-53(32-18-45)69(65-15-7-11-51-9-3-5-13-57(51)65)55-35-25-47(26-36-55)21-23-49-29-39-59-61(41-49)63(43-67)60-40-30-50(42-62(60)64(59)44-68)24-22-48-27-37-56(38-28-48)70(54-33-19-46(2)20-34-54)66-16-8-12-52-10-4-6-14-58(52)66/h7-8,11-12,15-42H,3-6,9-10,13-14H2,1-2H3. The highest BCUT2D eigenvalue weighted by Gasteiger charge is 2.22. The molecule has 70 heavy (non-hydrogen) atoms. The Labute approximate surface area is 412 Å². The molecule has 0 bridgehead atoms. The number of fused-ring (bicyclic) bond motifs is 4. The van der Waals surface area contributed by atoms with E-state index in [9.17, 15) is 10.5 Å². The third kappa shape index (κ3) is 8.66. The first kappa shape index (κ1) is 44.1. The quantitative estimate of drug-likeness (QED) is 0.101. The minimum Gasteiger partial charge on any atom is -0.310 e. The van der Waals surface area contributed by atoms with Crippen LogP contribution in [0.4, 0.5) is 34.1 Å². The van der Waals surface area contributed by atoms with Gasteiger partial charge in [-0.05, 0) is 183 Å². The summed E-state index contributed by atoms with van der Waals surface area (Å²) >= 11 is 0. The number of hydrogen-bond acceptors (Lipinski definition) is 4. The minimum atomic E-state index is 0.576. The van der Waals surface area contributed by atoms with Crippen molar-refractivity contribution in [2.45, 2.75) is 65.2 Å². The molecular formula is C66H54N4. The van der Waals surface area contributed by atoms with Crippen molar-refractivity contribution >= 4 is 80.0 Å². The number of hydrogen-bond donors (Lipinski definition) is 0. The highest BCUT2D eigenvalue weighted by atomic mass is 15.1. The molecule has 0 saturated carbocycles. The Morgan fingerprint density at radius 2 is 0.714 bits per heavy atom. The molecule has 0 N–H and O–H groups in total. The molecule has 4 heteroatoms. The Bertz CT molecular complexity index is 3320. The second-order valence-corrected chi connectivity index (χ2v) is 19.0. The monoisotopic (exact) mass is 902 g/mol. The van der Waals surface area contributed by atoms with Gasteiger partial charge in [0.2, 0.25) is 0 Å². The van der Waals surface area contributed by atoms with Crippen LogP contribution in [0.5, 0.6) is 0 Å². The molecule has 11 rings (SSSR count). The minimum absolute atomic E-state index is 0.576. The lowest BCUT2D eigenvalue weighted by atomic mass is 9.89. The Hall–Kier alpha value is -8.44. The number of nitriles is 2. The fraction of sp³-hybridized carbons (Fsp3) is 0.152. The summed E-state index contributed by atoms with van der Waals surface area (Å²) in [5.74, 6) is 0. The molecule has 0 fully saturated rings. The van der Waals surface area contributed by atoms with Crippen molar-refractivity contribution in [3.8, 4) is 12.1 Å². The van der Waals surface area contributed by atoms with E-state index in [0.29, 0.717) is 11.1 Å². The molecule has 0 aromatic heterocycles. The lowest BCUT2D eigenvalue weighted by Gasteiger charge is -2.30. The Balaban J connectivity index is 0.857. The summed E-state index contributed by atoms with van der Waals surface area (Å²) in [6.07, 6.45) is 17.8. The highest BCUT2D eigenvalue weighted by Crippen LogP contribution is 2.42. The van der Waals surface area contributed by atoms with Gasteiger partial charge in [0.1, 0.15) is 12.1 Å². The van der Waals surface area contributed by atoms with Crippen LogP contribution >= 0.6 is 0 Å². The Kier molecular flexibility index (Phi) is 12.1. The second-order valence-electron chi connectivity index (χ2n) is 19.0. The molecular weight excluding hydrogens is 849 g/mol. The SMILES string of the molecule is Cc1ccc(N(c2ccc(C=Cc3ccc4c(C#N)c5cc(C=Cc6ccc(N(c7ccc(C)cc7)c7cccc8c7CCCC8)cc6)ccc5c(C#N)c4c3)cc2)c2cccc3c2CCCC3)cc1. The first-order valence-electron chi connectivity index (χ1n) is 24.8. The van der Waals surface area contributed by atoms with E-state index in [1.165, 1.54) is 70.4 Å². The topological polar surface area (TPSA) is 54.1 Å². The van der Waals surface area contributed by atoms with E-state index < -0.39 is 0 Å². The van der Waals surface area contributed by atoms with Gasteiger partial charge < -0.3 is 9.80 Å². The largest absolute Gasteiger partial charge is 0.310 e. The van der Waals surface area contributed by atoms with Gasteiger partial charge in [-0.15, -0.1) is 0 Å². The molecule has 0 aliphatic heterocycles. The fourth-order valence-corrected chi connectivity index (χ4v) is 10.7. The first-order chi connectivity index (χ1) is 34.4. The first-order valence-corrected chi connectivity index (χ1v) is 24.8. The maximum atomic E-state index is 10.6. The molecule has 0 spiro atoms. The summed E-state index contributed by atoms with van der Waals surface area (Å²) in [6, 6.07) is 65.8. The van der Waals surface area contributed by atoms with Gasteiger partial charge in [-0.25, -0.2) is 0 Å². The van der Waals surface area contributed by atoms with Gasteiger partial charge in [0.05, 0.1) is 11.1 Å². The molecule has 2 aliphatic rings. The van der Waals surface area contributed by atoms with E-state index in [1.807, 2.05) is 36.4 Å². The third-order valence-electron chi connectivity index (χ3n) is 14.4. The van der Waals surface area contributed by atoms with Crippen LogP contribution in [0.3, 0.4) is 0 Å². The van der Waals surface area contributed by atoms with E-state index in [0.717, 1.165) is 92.2 Å². The lowest BCUT2D eigenvalue weighted by Crippen LogP contribution is -2.15. The van der Waals surface area contributed by atoms with Gasteiger partial charge in [-0.3, -0.25) is 0 Å². The molecule has 4 nitrogen and oxygen atoms in total. The zero-order valence-corrected chi connectivity index (χ0v) is 39.9. The normalized spacial score (nSPS) is 13.3. The Morgan fingerprint density at radius 3 is 1.10 bits per heavy atom. The van der Waals surface area contributed by atoms with Gasteiger partial charge in [0.15, 0.2) is 0 Å². The van der Waals surface area contributed by atoms with Crippen LogP contribution in [0.25, 0.3) is 45.8 Å². The molecule has 0 atom stereocenters. The smallest absolute Gasteiger partial charge is 0.100 e. The molecule has 9 aromatic carbocycles. The number of anilines is 6. The van der Waals surface area contributed by atoms with Gasteiger partial charge in [-0.1, -0.05) is 132 Å². The zero-order chi connectivity index (χ0) is 47.6. The summed E-state index contributed by atoms with van der Waals surface area (Å²) in [6.45, 7) is 4.26. The second kappa shape index (κ2) is 19.3.